The molecule has 0 aromatic heterocycles. The highest BCUT2D eigenvalue weighted by molar-refractivity contribution is 6.49. The molecule has 0 radical (unpaired) electrons. The molecule has 1 aliphatic carbocycles. The lowest BCUT2D eigenvalue weighted by molar-refractivity contribution is 0.106. The van der Waals surface area contributed by atoms with E-state index in [0.29, 0.717) is 12.0 Å². The molecule has 0 spiro atoms. The fourth-order valence-electron chi connectivity index (χ4n) is 2.59. The highest BCUT2D eigenvalue weighted by Gasteiger charge is 2.27. The van der Waals surface area contributed by atoms with Crippen molar-refractivity contribution in [3.05, 3.63) is 59.7 Å². The Bertz CT molecular complexity index is 791. The van der Waals surface area contributed by atoms with Gasteiger partial charge in [-0.05, 0) is 40.5 Å². The predicted molar refractivity (Wildman–Crippen MR) is 80.9 cm³/mol. The molecule has 0 amide bonds. The average molecular weight is 279 g/mol. The van der Waals surface area contributed by atoms with Gasteiger partial charge in [-0.2, -0.15) is 0 Å². The molecular weight excluding hydrogens is 266 g/mol. The zero-order chi connectivity index (χ0) is 15.0. The monoisotopic (exact) mass is 279 g/mol. The number of fused-ring (bicyclic) bond motifs is 1. The number of benzene rings is 2. The maximum atomic E-state index is 12.1. The van der Waals surface area contributed by atoms with Gasteiger partial charge >= 0.3 is 0 Å². The first-order valence-electron chi connectivity index (χ1n) is 6.48. The van der Waals surface area contributed by atoms with E-state index in [1.54, 1.807) is 30.3 Å². The van der Waals surface area contributed by atoms with Gasteiger partial charge in [0, 0.05) is 12.0 Å². The minimum atomic E-state index is -0.242. The second kappa shape index (κ2) is 4.90. The molecule has 2 aromatic rings. The number of carbonyl (C=O) groups is 1. The quantitative estimate of drug-likeness (QED) is 0.654. The molecule has 0 aliphatic heterocycles. The van der Waals surface area contributed by atoms with E-state index in [1.165, 1.54) is 0 Å². The first-order chi connectivity index (χ1) is 10.1. The van der Waals surface area contributed by atoms with Crippen molar-refractivity contribution in [2.75, 3.05) is 0 Å². The number of oxime groups is 1. The molecule has 4 heteroatoms. The first kappa shape index (κ1) is 13.1. The number of phenols is 1. The molecule has 0 saturated heterocycles. The van der Waals surface area contributed by atoms with Gasteiger partial charge in [-0.1, -0.05) is 36.0 Å². The summed E-state index contributed by atoms with van der Waals surface area (Å²) in [5.74, 6) is -0.0751. The average Bonchev–Trinajstić information content (AvgIpc) is 2.83. The maximum Gasteiger partial charge on any atom is 0.211 e. The van der Waals surface area contributed by atoms with Gasteiger partial charge in [0.1, 0.15) is 11.5 Å². The van der Waals surface area contributed by atoms with Gasteiger partial charge in [-0.3, -0.25) is 4.79 Å². The Labute approximate surface area is 121 Å². The fourth-order valence-corrected chi connectivity index (χ4v) is 2.59. The number of hydrogen-bond donors (Lipinski definition) is 2. The number of hydrogen-bond acceptors (Lipinski definition) is 4. The number of aromatic hydroxyl groups is 1. The van der Waals surface area contributed by atoms with Crippen LogP contribution >= 0.6 is 0 Å². The summed E-state index contributed by atoms with van der Waals surface area (Å²) in [5, 5.41) is 21.4. The van der Waals surface area contributed by atoms with Gasteiger partial charge in [0.25, 0.3) is 0 Å². The largest absolute Gasteiger partial charge is 0.508 e. The van der Waals surface area contributed by atoms with Gasteiger partial charge in [0.2, 0.25) is 5.78 Å². The topological polar surface area (TPSA) is 69.9 Å². The van der Waals surface area contributed by atoms with Gasteiger partial charge in [-0.25, -0.2) is 0 Å². The van der Waals surface area contributed by atoms with Gasteiger partial charge in [0.05, 0.1) is 0 Å². The second-order valence-electron chi connectivity index (χ2n) is 4.90. The standard InChI is InChI=1S/C17H13NO3/c1-2-10-7-13(19)5-6-14(10)11-3-4-12-9-16(18-21)17(20)15(12)8-11/h2-8,19,21H,1,9H2/b18-16-. The van der Waals surface area contributed by atoms with E-state index in [0.717, 1.165) is 22.3 Å². The third-order valence-electron chi connectivity index (χ3n) is 3.66. The Morgan fingerprint density at radius 2 is 1.95 bits per heavy atom. The third kappa shape index (κ3) is 2.10. The zero-order valence-electron chi connectivity index (χ0n) is 11.2. The van der Waals surface area contributed by atoms with Crippen molar-refractivity contribution in [3.8, 4) is 16.9 Å². The minimum Gasteiger partial charge on any atom is -0.508 e. The van der Waals surface area contributed by atoms with E-state index in [-0.39, 0.29) is 17.2 Å². The molecule has 1 aliphatic rings. The van der Waals surface area contributed by atoms with E-state index in [1.807, 2.05) is 12.1 Å². The van der Waals surface area contributed by atoms with E-state index in [2.05, 4.69) is 11.7 Å². The number of ketones is 1. The lowest BCUT2D eigenvalue weighted by Crippen LogP contribution is -2.06. The maximum absolute atomic E-state index is 12.1. The van der Waals surface area contributed by atoms with Crippen molar-refractivity contribution in [3.63, 3.8) is 0 Å². The molecule has 2 aromatic carbocycles. The highest BCUT2D eigenvalue weighted by Crippen LogP contribution is 2.31. The molecule has 0 fully saturated rings. The summed E-state index contributed by atoms with van der Waals surface area (Å²) < 4.78 is 0. The summed E-state index contributed by atoms with van der Waals surface area (Å²) in [6.45, 7) is 3.74. The van der Waals surface area contributed by atoms with Gasteiger partial charge in [-0.15, -0.1) is 0 Å². The van der Waals surface area contributed by atoms with Crippen molar-refractivity contribution < 1.29 is 15.1 Å². The number of phenolic OH excluding ortho intramolecular Hbond substituents is 1. The Kier molecular flexibility index (Phi) is 3.06. The predicted octanol–water partition coefficient (Wildman–Crippen LogP) is 3.27. The Hall–Kier alpha value is -2.88. The molecule has 0 saturated carbocycles. The molecule has 0 atom stereocenters. The SMILES string of the molecule is C=Cc1cc(O)ccc1-c1ccc2c(c1)C(=O)/C(=N\O)C2. The fraction of sp³-hybridized carbons (Fsp3) is 0.0588. The summed E-state index contributed by atoms with van der Waals surface area (Å²) in [7, 11) is 0. The summed E-state index contributed by atoms with van der Waals surface area (Å²) >= 11 is 0. The van der Waals surface area contributed by atoms with Crippen molar-refractivity contribution in [1.82, 2.24) is 0 Å². The molecule has 21 heavy (non-hydrogen) atoms. The normalized spacial score (nSPS) is 15.2. The van der Waals surface area contributed by atoms with Crippen molar-refractivity contribution >= 4 is 17.6 Å². The molecule has 104 valence electrons. The summed E-state index contributed by atoms with van der Waals surface area (Å²) in [6.07, 6.45) is 2.01. The summed E-state index contributed by atoms with van der Waals surface area (Å²) in [4.78, 5) is 12.1. The van der Waals surface area contributed by atoms with Crippen LogP contribution in [0.15, 0.2) is 48.1 Å². The highest BCUT2D eigenvalue weighted by atomic mass is 16.4. The molecule has 0 heterocycles. The van der Waals surface area contributed by atoms with Crippen LogP contribution in [0, 0.1) is 0 Å². The van der Waals surface area contributed by atoms with Gasteiger partial charge in [0.15, 0.2) is 0 Å². The van der Waals surface area contributed by atoms with Crippen LogP contribution in [0.5, 0.6) is 5.75 Å². The minimum absolute atomic E-state index is 0.164. The number of nitrogens with zero attached hydrogens (tertiary/aromatic N) is 1. The third-order valence-corrected chi connectivity index (χ3v) is 3.66. The molecule has 0 bridgehead atoms. The molecular formula is C17H13NO3. The van der Waals surface area contributed by atoms with Crippen LogP contribution in [0.25, 0.3) is 17.2 Å². The number of carbonyl (C=O) groups excluding carboxylic acids is 1. The van der Waals surface area contributed by atoms with Crippen LogP contribution in [0.4, 0.5) is 0 Å². The van der Waals surface area contributed by atoms with E-state index >= 15 is 0 Å². The Balaban J connectivity index is 2.13. The van der Waals surface area contributed by atoms with Crippen LogP contribution in [-0.4, -0.2) is 21.8 Å². The van der Waals surface area contributed by atoms with Crippen LogP contribution in [0.2, 0.25) is 0 Å². The first-order valence-corrected chi connectivity index (χ1v) is 6.48. The smallest absolute Gasteiger partial charge is 0.211 e. The molecule has 3 rings (SSSR count). The number of rotatable bonds is 2. The van der Waals surface area contributed by atoms with Crippen LogP contribution in [-0.2, 0) is 6.42 Å². The van der Waals surface area contributed by atoms with E-state index < -0.39 is 0 Å². The molecule has 4 nitrogen and oxygen atoms in total. The van der Waals surface area contributed by atoms with Crippen molar-refractivity contribution in [1.29, 1.82) is 0 Å². The van der Waals surface area contributed by atoms with Crippen LogP contribution < -0.4 is 0 Å². The van der Waals surface area contributed by atoms with Crippen molar-refractivity contribution in [2.45, 2.75) is 6.42 Å². The van der Waals surface area contributed by atoms with Crippen molar-refractivity contribution in [2.24, 2.45) is 5.16 Å². The number of Topliss-reactive ketones (excluding diaryl/α,β-unsaturated/α-hetero) is 1. The van der Waals surface area contributed by atoms with E-state index in [4.69, 9.17) is 5.21 Å². The zero-order valence-corrected chi connectivity index (χ0v) is 11.2. The van der Waals surface area contributed by atoms with Crippen LogP contribution in [0.1, 0.15) is 21.5 Å². The summed E-state index contributed by atoms with van der Waals surface area (Å²) in [6, 6.07) is 10.6. The lowest BCUT2D eigenvalue weighted by atomic mass is 9.96. The van der Waals surface area contributed by atoms with Crippen LogP contribution in [0.3, 0.4) is 0 Å². The molecule has 0 unspecified atom stereocenters. The molecule has 2 N–H and O–H groups in total. The second-order valence-corrected chi connectivity index (χ2v) is 4.90. The van der Waals surface area contributed by atoms with Gasteiger partial charge < -0.3 is 10.3 Å². The Morgan fingerprint density at radius 3 is 2.67 bits per heavy atom. The Morgan fingerprint density at radius 1 is 1.14 bits per heavy atom. The van der Waals surface area contributed by atoms with E-state index in [9.17, 15) is 9.90 Å². The summed E-state index contributed by atoms with van der Waals surface area (Å²) in [5.41, 5.74) is 4.11. The lowest BCUT2D eigenvalue weighted by Gasteiger charge is -2.08.